The van der Waals surface area contributed by atoms with Crippen LogP contribution >= 0.6 is 0 Å². The molecule has 1 amide bonds. The van der Waals surface area contributed by atoms with E-state index in [4.69, 9.17) is 4.74 Å². The van der Waals surface area contributed by atoms with Crippen LogP contribution < -0.4 is 10.1 Å². The molecule has 25 heavy (non-hydrogen) atoms. The minimum absolute atomic E-state index is 0.128. The molecule has 0 saturated heterocycles. The van der Waals surface area contributed by atoms with E-state index in [9.17, 15) is 4.79 Å². The number of nitrogens with zero attached hydrogens (tertiary/aromatic N) is 4. The lowest BCUT2D eigenvalue weighted by atomic mass is 10.2. The Labute approximate surface area is 145 Å². The molecule has 1 atom stereocenters. The molecule has 0 radical (unpaired) electrons. The van der Waals surface area contributed by atoms with Gasteiger partial charge >= 0.3 is 0 Å². The van der Waals surface area contributed by atoms with E-state index in [1.807, 2.05) is 42.5 Å². The Balaban J connectivity index is 1.52. The topological polar surface area (TPSA) is 81.9 Å². The van der Waals surface area contributed by atoms with Gasteiger partial charge in [0.2, 0.25) is 5.91 Å². The molecule has 0 aliphatic carbocycles. The molecule has 0 aliphatic heterocycles. The van der Waals surface area contributed by atoms with Gasteiger partial charge in [0.25, 0.3) is 0 Å². The van der Waals surface area contributed by atoms with Crippen molar-refractivity contribution in [3.8, 4) is 5.75 Å². The summed E-state index contributed by atoms with van der Waals surface area (Å²) in [5, 5.41) is 11.0. The second-order valence-corrected chi connectivity index (χ2v) is 5.54. The van der Waals surface area contributed by atoms with Crippen LogP contribution in [0.25, 0.3) is 0 Å². The number of para-hydroxylation sites is 1. The first-order valence-electron chi connectivity index (χ1n) is 7.97. The number of hydrogen-bond donors (Lipinski definition) is 1. The summed E-state index contributed by atoms with van der Waals surface area (Å²) in [6, 6.07) is 12.7. The number of nitrogens with one attached hydrogen (secondary N) is 1. The highest BCUT2D eigenvalue weighted by molar-refractivity contribution is 5.79. The van der Waals surface area contributed by atoms with Crippen LogP contribution in [0, 0.1) is 0 Å². The first-order chi connectivity index (χ1) is 12.2. The number of benzene rings is 1. The second kappa shape index (κ2) is 8.05. The summed E-state index contributed by atoms with van der Waals surface area (Å²) in [4.78, 5) is 16.2. The zero-order chi connectivity index (χ0) is 17.5. The van der Waals surface area contributed by atoms with Gasteiger partial charge in [-0.15, -0.1) is 5.10 Å². The van der Waals surface area contributed by atoms with Crippen LogP contribution in [0.2, 0.25) is 0 Å². The van der Waals surface area contributed by atoms with Gasteiger partial charge in [-0.05, 0) is 36.8 Å². The van der Waals surface area contributed by atoms with Gasteiger partial charge in [0, 0.05) is 18.9 Å². The molecule has 7 heteroatoms. The lowest BCUT2D eigenvalue weighted by Crippen LogP contribution is -2.30. The fourth-order valence-electron chi connectivity index (χ4n) is 2.20. The highest BCUT2D eigenvalue weighted by atomic mass is 16.5. The lowest BCUT2D eigenvalue weighted by molar-refractivity contribution is -0.124. The SMILES string of the molecule is C[C@H](C(=O)NCc1ccncc1)n1cc(COc2ccccc2)nn1. The molecule has 0 bridgehead atoms. The Kier molecular flexibility index (Phi) is 5.36. The van der Waals surface area contributed by atoms with E-state index in [2.05, 4.69) is 20.6 Å². The van der Waals surface area contributed by atoms with Crippen LogP contribution in [0.3, 0.4) is 0 Å². The summed E-state index contributed by atoms with van der Waals surface area (Å²) >= 11 is 0. The van der Waals surface area contributed by atoms with Crippen molar-refractivity contribution in [2.24, 2.45) is 0 Å². The molecular weight excluding hydrogens is 318 g/mol. The second-order valence-electron chi connectivity index (χ2n) is 5.54. The normalized spacial score (nSPS) is 11.7. The van der Waals surface area contributed by atoms with E-state index in [0.29, 0.717) is 18.8 Å². The van der Waals surface area contributed by atoms with Crippen LogP contribution in [-0.4, -0.2) is 25.9 Å². The van der Waals surface area contributed by atoms with Gasteiger partial charge in [-0.2, -0.15) is 0 Å². The van der Waals surface area contributed by atoms with Gasteiger partial charge in [-0.3, -0.25) is 9.78 Å². The maximum Gasteiger partial charge on any atom is 0.244 e. The number of aromatic nitrogens is 4. The van der Waals surface area contributed by atoms with Gasteiger partial charge in [0.1, 0.15) is 24.1 Å². The summed E-state index contributed by atoms with van der Waals surface area (Å²) in [5.74, 6) is 0.637. The predicted octanol–water partition coefficient (Wildman–Crippen LogP) is 2.13. The molecule has 1 aromatic carbocycles. The van der Waals surface area contributed by atoms with Crippen molar-refractivity contribution in [2.75, 3.05) is 0 Å². The van der Waals surface area contributed by atoms with E-state index >= 15 is 0 Å². The zero-order valence-electron chi connectivity index (χ0n) is 13.9. The van der Waals surface area contributed by atoms with Crippen molar-refractivity contribution in [1.82, 2.24) is 25.3 Å². The summed E-state index contributed by atoms with van der Waals surface area (Å²) < 4.78 is 7.16. The molecule has 7 nitrogen and oxygen atoms in total. The molecule has 0 spiro atoms. The maximum absolute atomic E-state index is 12.3. The molecule has 1 N–H and O–H groups in total. The molecule has 2 aromatic heterocycles. The van der Waals surface area contributed by atoms with Crippen LogP contribution in [0.1, 0.15) is 24.2 Å². The maximum atomic E-state index is 12.3. The van der Waals surface area contributed by atoms with Crippen LogP contribution in [0.15, 0.2) is 61.1 Å². The van der Waals surface area contributed by atoms with Crippen molar-refractivity contribution in [3.05, 3.63) is 72.3 Å². The van der Waals surface area contributed by atoms with Crippen LogP contribution in [0.5, 0.6) is 5.75 Å². The zero-order valence-corrected chi connectivity index (χ0v) is 13.9. The van der Waals surface area contributed by atoms with Gasteiger partial charge < -0.3 is 10.1 Å². The largest absolute Gasteiger partial charge is 0.487 e. The Bertz CT molecular complexity index is 805. The standard InChI is InChI=1S/C18H19N5O2/c1-14(18(24)20-11-15-7-9-19-10-8-15)23-12-16(21-22-23)13-25-17-5-3-2-4-6-17/h2-10,12,14H,11,13H2,1H3,(H,20,24)/t14-/m1/s1. The number of amides is 1. The molecule has 3 rings (SSSR count). The van der Waals surface area contributed by atoms with Gasteiger partial charge in [-0.25, -0.2) is 4.68 Å². The fraction of sp³-hybridized carbons (Fsp3) is 0.222. The molecule has 0 saturated carbocycles. The molecule has 0 unspecified atom stereocenters. The van der Waals surface area contributed by atoms with Crippen molar-refractivity contribution < 1.29 is 9.53 Å². The summed E-state index contributed by atoms with van der Waals surface area (Å²) in [6.07, 6.45) is 5.11. The smallest absolute Gasteiger partial charge is 0.244 e. The number of rotatable bonds is 7. The molecule has 0 aliphatic rings. The number of ether oxygens (including phenoxy) is 1. The highest BCUT2D eigenvalue weighted by Crippen LogP contribution is 2.11. The molecular formula is C18H19N5O2. The Morgan fingerprint density at radius 2 is 1.96 bits per heavy atom. The van der Waals surface area contributed by atoms with Crippen molar-refractivity contribution >= 4 is 5.91 Å². The van der Waals surface area contributed by atoms with Gasteiger partial charge in [-0.1, -0.05) is 23.4 Å². The first kappa shape index (κ1) is 16.6. The summed E-state index contributed by atoms with van der Waals surface area (Å²) in [5.41, 5.74) is 1.66. The van der Waals surface area contributed by atoms with E-state index in [-0.39, 0.29) is 5.91 Å². The van der Waals surface area contributed by atoms with E-state index < -0.39 is 6.04 Å². The average molecular weight is 337 g/mol. The quantitative estimate of drug-likeness (QED) is 0.714. The third kappa shape index (κ3) is 4.63. The number of carbonyl (C=O) groups is 1. The molecule has 3 aromatic rings. The van der Waals surface area contributed by atoms with Crippen LogP contribution in [-0.2, 0) is 17.9 Å². The third-order valence-electron chi connectivity index (χ3n) is 3.68. The lowest BCUT2D eigenvalue weighted by Gasteiger charge is -2.11. The minimum Gasteiger partial charge on any atom is -0.487 e. The predicted molar refractivity (Wildman–Crippen MR) is 91.6 cm³/mol. The van der Waals surface area contributed by atoms with Gasteiger partial charge in [0.05, 0.1) is 6.20 Å². The Morgan fingerprint density at radius 3 is 2.72 bits per heavy atom. The average Bonchev–Trinajstić information content (AvgIpc) is 3.14. The van der Waals surface area contributed by atoms with E-state index in [0.717, 1.165) is 11.3 Å². The van der Waals surface area contributed by atoms with Crippen molar-refractivity contribution in [1.29, 1.82) is 0 Å². The number of hydrogen-bond acceptors (Lipinski definition) is 5. The first-order valence-corrected chi connectivity index (χ1v) is 7.97. The van der Waals surface area contributed by atoms with Crippen LogP contribution in [0.4, 0.5) is 0 Å². The molecule has 128 valence electrons. The fourth-order valence-corrected chi connectivity index (χ4v) is 2.20. The molecule has 2 heterocycles. The van der Waals surface area contributed by atoms with E-state index in [1.165, 1.54) is 4.68 Å². The summed E-state index contributed by atoms with van der Waals surface area (Å²) in [6.45, 7) is 2.53. The Hall–Kier alpha value is -3.22. The third-order valence-corrected chi connectivity index (χ3v) is 3.68. The minimum atomic E-state index is -0.459. The summed E-state index contributed by atoms with van der Waals surface area (Å²) in [7, 11) is 0. The highest BCUT2D eigenvalue weighted by Gasteiger charge is 2.16. The van der Waals surface area contributed by atoms with Crippen molar-refractivity contribution in [2.45, 2.75) is 26.1 Å². The Morgan fingerprint density at radius 1 is 1.20 bits per heavy atom. The van der Waals surface area contributed by atoms with Gasteiger partial charge in [0.15, 0.2) is 0 Å². The number of carbonyl (C=O) groups excluding carboxylic acids is 1. The number of pyridine rings is 1. The molecule has 0 fully saturated rings. The van der Waals surface area contributed by atoms with E-state index in [1.54, 1.807) is 25.5 Å². The van der Waals surface area contributed by atoms with Crippen molar-refractivity contribution in [3.63, 3.8) is 0 Å². The monoisotopic (exact) mass is 337 g/mol.